The van der Waals surface area contributed by atoms with E-state index in [0.29, 0.717) is 29.3 Å². The highest BCUT2D eigenvalue weighted by molar-refractivity contribution is 6.17. The van der Waals surface area contributed by atoms with Crippen molar-refractivity contribution >= 4 is 22.6 Å². The lowest BCUT2D eigenvalue weighted by atomic mass is 10.3. The number of hydrogen-bond donors (Lipinski definition) is 0. The molecule has 0 aliphatic rings. The maximum Gasteiger partial charge on any atom is 0.184 e. The minimum absolute atomic E-state index is 0.119. The minimum Gasteiger partial charge on any atom is -0.364 e. The molecule has 0 aliphatic carbocycles. The largest absolute Gasteiger partial charge is 0.364 e. The molecule has 0 bridgehead atoms. The maximum absolute atomic E-state index is 14.0. The third-order valence-electron chi connectivity index (χ3n) is 3.01. The van der Waals surface area contributed by atoms with Crippen LogP contribution in [0.25, 0.3) is 11.0 Å². The lowest BCUT2D eigenvalue weighted by molar-refractivity contribution is 0.409. The Morgan fingerprint density at radius 1 is 1.25 bits per heavy atom. The molecule has 0 fully saturated rings. The average Bonchev–Trinajstić information content (AvgIpc) is 3.04. The van der Waals surface area contributed by atoms with Gasteiger partial charge in [-0.1, -0.05) is 5.16 Å². The van der Waals surface area contributed by atoms with Crippen LogP contribution in [0, 0.1) is 11.6 Å². The van der Waals surface area contributed by atoms with Crippen molar-refractivity contribution in [3.63, 3.8) is 0 Å². The molecule has 0 atom stereocenters. The molecule has 2 heterocycles. The van der Waals surface area contributed by atoms with Gasteiger partial charge in [0, 0.05) is 18.4 Å². The predicted molar refractivity (Wildman–Crippen MR) is 69.7 cm³/mol. The Bertz CT molecular complexity index is 740. The minimum atomic E-state index is -0.917. The van der Waals surface area contributed by atoms with Gasteiger partial charge in [-0.25, -0.2) is 13.8 Å². The molecule has 0 aliphatic heterocycles. The van der Waals surface area contributed by atoms with Gasteiger partial charge in [-0.15, -0.1) is 11.6 Å². The van der Waals surface area contributed by atoms with E-state index in [2.05, 4.69) is 10.1 Å². The van der Waals surface area contributed by atoms with E-state index in [1.807, 2.05) is 0 Å². The number of aryl methyl sites for hydroxylation is 1. The van der Waals surface area contributed by atoms with Crippen LogP contribution in [-0.4, -0.2) is 20.6 Å². The Kier molecular flexibility index (Phi) is 3.40. The van der Waals surface area contributed by atoms with Crippen LogP contribution in [0.4, 0.5) is 8.78 Å². The van der Waals surface area contributed by atoms with Crippen LogP contribution in [0.1, 0.15) is 11.5 Å². The topological polar surface area (TPSA) is 43.9 Å². The van der Waals surface area contributed by atoms with Gasteiger partial charge in [0.2, 0.25) is 0 Å². The summed E-state index contributed by atoms with van der Waals surface area (Å²) in [6.45, 7) is 0.250. The number of alkyl halides is 1. The number of rotatable bonds is 4. The molecule has 4 nitrogen and oxygen atoms in total. The lowest BCUT2D eigenvalue weighted by Crippen LogP contribution is -2.07. The number of halogens is 3. The molecule has 0 unspecified atom stereocenters. The summed E-state index contributed by atoms with van der Waals surface area (Å²) < 4.78 is 33.8. The molecule has 0 radical (unpaired) electrons. The Hall–Kier alpha value is -1.95. The molecule has 0 N–H and O–H groups in total. The van der Waals surface area contributed by atoms with Crippen molar-refractivity contribution in [2.45, 2.75) is 13.0 Å². The van der Waals surface area contributed by atoms with Gasteiger partial charge in [0.15, 0.2) is 11.6 Å². The van der Waals surface area contributed by atoms with Crippen molar-refractivity contribution in [2.75, 3.05) is 5.88 Å². The van der Waals surface area contributed by atoms with Crippen LogP contribution in [-0.2, 0) is 13.0 Å². The van der Waals surface area contributed by atoms with E-state index in [1.165, 1.54) is 12.3 Å². The van der Waals surface area contributed by atoms with Gasteiger partial charge >= 0.3 is 0 Å². The molecule has 7 heteroatoms. The van der Waals surface area contributed by atoms with E-state index in [1.54, 1.807) is 10.6 Å². The summed E-state index contributed by atoms with van der Waals surface area (Å²) >= 11 is 5.73. The first-order valence-electron chi connectivity index (χ1n) is 5.99. The molecule has 0 saturated carbocycles. The molecule has 0 spiro atoms. The van der Waals surface area contributed by atoms with Crippen LogP contribution >= 0.6 is 11.6 Å². The summed E-state index contributed by atoms with van der Waals surface area (Å²) in [5, 5.41) is 3.78. The zero-order valence-corrected chi connectivity index (χ0v) is 11.1. The fourth-order valence-electron chi connectivity index (χ4n) is 2.13. The fourth-order valence-corrected chi connectivity index (χ4v) is 2.30. The van der Waals surface area contributed by atoms with Crippen LogP contribution in [0.5, 0.6) is 0 Å². The third-order valence-corrected chi connectivity index (χ3v) is 3.20. The molecule has 0 saturated heterocycles. The van der Waals surface area contributed by atoms with E-state index < -0.39 is 11.6 Å². The zero-order chi connectivity index (χ0) is 14.1. The summed E-state index contributed by atoms with van der Waals surface area (Å²) in [5.74, 6) is -0.898. The Balaban J connectivity index is 2.19. The van der Waals surface area contributed by atoms with Gasteiger partial charge in [0.05, 0.1) is 12.1 Å². The summed E-state index contributed by atoms with van der Waals surface area (Å²) in [6.07, 6.45) is 1.88. The Morgan fingerprint density at radius 3 is 2.80 bits per heavy atom. The van der Waals surface area contributed by atoms with Crippen molar-refractivity contribution < 1.29 is 13.3 Å². The second kappa shape index (κ2) is 5.20. The van der Waals surface area contributed by atoms with Gasteiger partial charge in [0.1, 0.15) is 23.3 Å². The van der Waals surface area contributed by atoms with Gasteiger partial charge in [-0.2, -0.15) is 0 Å². The predicted octanol–water partition coefficient (Wildman–Crippen LogP) is 3.13. The number of imidazole rings is 1. The maximum atomic E-state index is 14.0. The zero-order valence-electron chi connectivity index (χ0n) is 10.3. The summed E-state index contributed by atoms with van der Waals surface area (Å²) in [4.78, 5) is 4.30. The molecule has 3 aromatic rings. The molecule has 0 amide bonds. The monoisotopic (exact) mass is 297 g/mol. The Labute approximate surface area is 118 Å². The summed E-state index contributed by atoms with van der Waals surface area (Å²) in [7, 11) is 0. The quantitative estimate of drug-likeness (QED) is 0.695. The SMILES string of the molecule is Fc1ccc2nc(CCCl)n(Cc3ccon3)c2c1F. The van der Waals surface area contributed by atoms with Crippen molar-refractivity contribution in [1.82, 2.24) is 14.7 Å². The second-order valence-electron chi connectivity index (χ2n) is 4.27. The van der Waals surface area contributed by atoms with Crippen molar-refractivity contribution in [2.24, 2.45) is 0 Å². The van der Waals surface area contributed by atoms with Gasteiger partial charge in [-0.05, 0) is 12.1 Å². The molecule has 3 rings (SSSR count). The van der Waals surface area contributed by atoms with E-state index in [-0.39, 0.29) is 12.1 Å². The standard InChI is InChI=1S/C13H10ClF2N3O/c14-5-3-11-17-10-2-1-9(15)12(16)13(10)19(11)7-8-4-6-20-18-8/h1-2,4,6H,3,5,7H2. The normalized spacial score (nSPS) is 11.3. The number of benzene rings is 1. The van der Waals surface area contributed by atoms with Gasteiger partial charge < -0.3 is 9.09 Å². The number of aromatic nitrogens is 3. The highest BCUT2D eigenvalue weighted by Crippen LogP contribution is 2.23. The van der Waals surface area contributed by atoms with Crippen LogP contribution in [0.3, 0.4) is 0 Å². The smallest absolute Gasteiger partial charge is 0.184 e. The van der Waals surface area contributed by atoms with E-state index >= 15 is 0 Å². The number of fused-ring (bicyclic) bond motifs is 1. The van der Waals surface area contributed by atoms with Gasteiger partial charge in [0.25, 0.3) is 0 Å². The molecule has 104 valence electrons. The first-order chi connectivity index (χ1) is 9.70. The lowest BCUT2D eigenvalue weighted by Gasteiger charge is -2.06. The van der Waals surface area contributed by atoms with E-state index in [9.17, 15) is 8.78 Å². The Morgan fingerprint density at radius 2 is 2.10 bits per heavy atom. The summed E-state index contributed by atoms with van der Waals surface area (Å²) in [6, 6.07) is 4.17. The molecule has 1 aromatic carbocycles. The molecular formula is C13H10ClF2N3O. The number of nitrogens with zero attached hydrogens (tertiary/aromatic N) is 3. The van der Waals surface area contributed by atoms with Gasteiger partial charge in [-0.3, -0.25) is 0 Å². The molecule has 20 heavy (non-hydrogen) atoms. The van der Waals surface area contributed by atoms with Crippen LogP contribution < -0.4 is 0 Å². The molecule has 2 aromatic heterocycles. The fraction of sp³-hybridized carbons (Fsp3) is 0.231. The van der Waals surface area contributed by atoms with Crippen molar-refractivity contribution in [1.29, 1.82) is 0 Å². The average molecular weight is 298 g/mol. The van der Waals surface area contributed by atoms with Crippen molar-refractivity contribution in [3.05, 3.63) is 47.6 Å². The van der Waals surface area contributed by atoms with E-state index in [4.69, 9.17) is 16.1 Å². The first kappa shape index (κ1) is 13.1. The first-order valence-corrected chi connectivity index (χ1v) is 6.52. The van der Waals surface area contributed by atoms with Crippen LogP contribution in [0.2, 0.25) is 0 Å². The third kappa shape index (κ3) is 2.16. The highest BCUT2D eigenvalue weighted by Gasteiger charge is 2.18. The van der Waals surface area contributed by atoms with Crippen molar-refractivity contribution in [3.8, 4) is 0 Å². The summed E-state index contributed by atoms with van der Waals surface area (Å²) in [5.41, 5.74) is 1.12. The second-order valence-corrected chi connectivity index (χ2v) is 4.65. The number of hydrogen-bond acceptors (Lipinski definition) is 3. The van der Waals surface area contributed by atoms with Crippen LogP contribution in [0.15, 0.2) is 29.0 Å². The van der Waals surface area contributed by atoms with E-state index in [0.717, 1.165) is 6.07 Å². The highest BCUT2D eigenvalue weighted by atomic mass is 35.5. The molecular weight excluding hydrogens is 288 g/mol.